The lowest BCUT2D eigenvalue weighted by Gasteiger charge is -2.50. The standard InChI is InChI=1S/C34H20Cl2F6N2O6/c1-12(45)13-5-7-14(8-6-13)43-29(47)16-10-9-15-18(20(16)30(43)48)11-33(35)31(49)44(27-25(41)23(39)22(38)24(40)26(27)42)32(50)34(33,36)21(15)17-3-2-4-19(37)28(17)46/h2-9,16,18,20-21,46H,10-11H2,1H3/t16-,18+,20-,21+,33+,34-/m0/s1. The molecule has 0 radical (unpaired) electrons. The summed E-state index contributed by atoms with van der Waals surface area (Å²) in [6.45, 7) is 1.32. The molecule has 3 fully saturated rings. The van der Waals surface area contributed by atoms with E-state index in [1.165, 1.54) is 37.3 Å². The molecule has 0 aromatic heterocycles. The van der Waals surface area contributed by atoms with E-state index >= 15 is 8.78 Å². The number of nitrogens with zero attached hydrogens (tertiary/aromatic N) is 2. The number of carbonyl (C=O) groups excluding carboxylic acids is 5. The third-order valence-corrected chi connectivity index (χ3v) is 11.5. The van der Waals surface area contributed by atoms with Crippen LogP contribution in [-0.2, 0) is 19.2 Å². The first-order valence-electron chi connectivity index (χ1n) is 14.9. The van der Waals surface area contributed by atoms with Crippen LogP contribution in [0.3, 0.4) is 0 Å². The molecule has 2 heterocycles. The molecule has 4 amide bonds. The highest BCUT2D eigenvalue weighted by atomic mass is 35.5. The molecule has 50 heavy (non-hydrogen) atoms. The van der Waals surface area contributed by atoms with E-state index in [1.54, 1.807) is 0 Å². The summed E-state index contributed by atoms with van der Waals surface area (Å²) in [4.78, 5) is 62.9. The second kappa shape index (κ2) is 11.2. The highest BCUT2D eigenvalue weighted by molar-refractivity contribution is 6.58. The van der Waals surface area contributed by atoms with E-state index < -0.39 is 115 Å². The number of amides is 4. The maximum Gasteiger partial charge on any atom is 0.258 e. The summed E-state index contributed by atoms with van der Waals surface area (Å²) in [5.74, 6) is -25.6. The number of Topliss-reactive ketones (excluding diaryl/α,β-unsaturated/α-hetero) is 1. The van der Waals surface area contributed by atoms with Crippen molar-refractivity contribution in [2.24, 2.45) is 17.8 Å². The van der Waals surface area contributed by atoms with E-state index in [1.807, 2.05) is 0 Å². The van der Waals surface area contributed by atoms with Crippen molar-refractivity contribution in [3.63, 3.8) is 0 Å². The maximum absolute atomic E-state index is 15.1. The van der Waals surface area contributed by atoms with Crippen molar-refractivity contribution in [3.05, 3.63) is 100 Å². The number of imide groups is 2. The zero-order valence-corrected chi connectivity index (χ0v) is 26.8. The Kier molecular flexibility index (Phi) is 7.54. The largest absolute Gasteiger partial charge is 0.505 e. The van der Waals surface area contributed by atoms with Crippen LogP contribution in [0, 0.1) is 52.7 Å². The molecule has 8 nitrogen and oxygen atoms in total. The summed E-state index contributed by atoms with van der Waals surface area (Å²) in [6, 6.07) is 8.62. The number of anilines is 2. The molecule has 1 N–H and O–H groups in total. The number of carbonyl (C=O) groups is 5. The van der Waals surface area contributed by atoms with Crippen molar-refractivity contribution >= 4 is 64.0 Å². The van der Waals surface area contributed by atoms with Crippen molar-refractivity contribution in [1.29, 1.82) is 0 Å². The Labute approximate surface area is 287 Å². The number of hydrogen-bond acceptors (Lipinski definition) is 6. The number of aromatic hydroxyl groups is 1. The van der Waals surface area contributed by atoms with Gasteiger partial charge in [-0.15, -0.1) is 23.2 Å². The second-order valence-electron chi connectivity index (χ2n) is 12.5. The van der Waals surface area contributed by atoms with Gasteiger partial charge in [0.05, 0.1) is 17.5 Å². The number of halogens is 8. The number of allylic oxidation sites excluding steroid dienone is 2. The van der Waals surface area contributed by atoms with Gasteiger partial charge < -0.3 is 5.11 Å². The molecule has 4 aliphatic rings. The number of ketones is 1. The van der Waals surface area contributed by atoms with E-state index in [9.17, 15) is 46.6 Å². The molecule has 0 spiro atoms. The van der Waals surface area contributed by atoms with Crippen molar-refractivity contribution < 1.29 is 55.4 Å². The summed E-state index contributed by atoms with van der Waals surface area (Å²) < 4.78 is 87.9. The van der Waals surface area contributed by atoms with Gasteiger partial charge in [0.25, 0.3) is 11.8 Å². The van der Waals surface area contributed by atoms with Crippen LogP contribution in [0.15, 0.2) is 54.1 Å². The first kappa shape index (κ1) is 33.8. The van der Waals surface area contributed by atoms with E-state index in [2.05, 4.69) is 0 Å². The summed E-state index contributed by atoms with van der Waals surface area (Å²) in [6.07, 6.45) is 0.472. The predicted octanol–water partition coefficient (Wildman–Crippen LogP) is 6.20. The molecule has 3 aromatic carbocycles. The fourth-order valence-corrected chi connectivity index (χ4v) is 8.70. The van der Waals surface area contributed by atoms with Crippen molar-refractivity contribution in [3.8, 4) is 5.75 Å². The Hall–Kier alpha value is -4.69. The molecular formula is C34H20Cl2F6N2O6. The average molecular weight is 737 g/mol. The highest BCUT2D eigenvalue weighted by Gasteiger charge is 2.77. The minimum Gasteiger partial charge on any atom is -0.505 e. The molecule has 7 rings (SSSR count). The molecule has 1 saturated carbocycles. The Bertz CT molecular complexity index is 2120. The van der Waals surface area contributed by atoms with Crippen LogP contribution in [0.2, 0.25) is 0 Å². The van der Waals surface area contributed by atoms with Gasteiger partial charge in [0.1, 0.15) is 5.69 Å². The van der Waals surface area contributed by atoms with Crippen LogP contribution < -0.4 is 9.80 Å². The second-order valence-corrected chi connectivity index (χ2v) is 13.7. The van der Waals surface area contributed by atoms with Gasteiger partial charge in [0.15, 0.2) is 50.4 Å². The fraction of sp³-hybridized carbons (Fsp3) is 0.265. The SMILES string of the molecule is CC(=O)c1ccc(N2C(=O)[C@H]3[C@H](CC=C4[C@H]3C[C@@]3(Cl)C(=O)N(c5c(F)c(F)c(F)c(F)c5F)C(=O)[C@@]3(Cl)[C@H]4c3cccc(F)c3O)C2=O)cc1. The fourth-order valence-electron chi connectivity index (χ4n) is 7.78. The topological polar surface area (TPSA) is 112 Å². The minimum absolute atomic E-state index is 0.0359. The number of rotatable bonds is 4. The lowest BCUT2D eigenvalue weighted by Crippen LogP contribution is -2.60. The number of hydrogen-bond donors (Lipinski definition) is 1. The number of para-hydroxylation sites is 1. The van der Waals surface area contributed by atoms with Gasteiger partial charge in [-0.05, 0) is 56.0 Å². The normalized spacial score (nSPS) is 28.9. The van der Waals surface area contributed by atoms with Gasteiger partial charge in [-0.3, -0.25) is 28.9 Å². The maximum atomic E-state index is 15.1. The van der Waals surface area contributed by atoms with Crippen molar-refractivity contribution in [2.45, 2.75) is 35.4 Å². The van der Waals surface area contributed by atoms with Gasteiger partial charge in [0.2, 0.25) is 17.6 Å². The molecule has 2 aliphatic heterocycles. The molecule has 258 valence electrons. The molecule has 6 atom stereocenters. The van der Waals surface area contributed by atoms with Gasteiger partial charge in [0, 0.05) is 17.0 Å². The number of phenols is 1. The number of alkyl halides is 2. The third-order valence-electron chi connectivity index (χ3n) is 10.1. The Morgan fingerprint density at radius 3 is 2.00 bits per heavy atom. The van der Waals surface area contributed by atoms with Gasteiger partial charge in [-0.1, -0.05) is 23.8 Å². The van der Waals surface area contributed by atoms with E-state index in [0.29, 0.717) is 5.56 Å². The first-order chi connectivity index (χ1) is 23.5. The van der Waals surface area contributed by atoms with Crippen LogP contribution in [0.25, 0.3) is 0 Å². The number of phenolic OH excluding ortho intramolecular Hbond substituents is 1. The number of fused-ring (bicyclic) bond motifs is 4. The smallest absolute Gasteiger partial charge is 0.258 e. The zero-order valence-electron chi connectivity index (χ0n) is 25.2. The monoisotopic (exact) mass is 736 g/mol. The zero-order chi connectivity index (χ0) is 36.4. The summed E-state index contributed by atoms with van der Waals surface area (Å²) in [7, 11) is 0. The molecule has 0 unspecified atom stereocenters. The third kappa shape index (κ3) is 4.17. The highest BCUT2D eigenvalue weighted by Crippen LogP contribution is 2.66. The molecule has 16 heteroatoms. The molecule has 3 aromatic rings. The van der Waals surface area contributed by atoms with Crippen molar-refractivity contribution in [1.82, 2.24) is 0 Å². The van der Waals surface area contributed by atoms with Crippen molar-refractivity contribution in [2.75, 3.05) is 9.80 Å². The van der Waals surface area contributed by atoms with Crippen LogP contribution in [0.5, 0.6) is 5.75 Å². The quantitative estimate of drug-likeness (QED) is 0.0650. The Morgan fingerprint density at radius 1 is 0.800 bits per heavy atom. The van der Waals surface area contributed by atoms with Crippen LogP contribution in [-0.4, -0.2) is 44.3 Å². The molecular weight excluding hydrogens is 717 g/mol. The summed E-state index contributed by atoms with van der Waals surface area (Å²) >= 11 is 14.0. The van der Waals surface area contributed by atoms with E-state index in [-0.39, 0.29) is 28.4 Å². The molecule has 2 aliphatic carbocycles. The first-order valence-corrected chi connectivity index (χ1v) is 15.7. The van der Waals surface area contributed by atoms with Crippen LogP contribution in [0.4, 0.5) is 37.7 Å². The van der Waals surface area contributed by atoms with Gasteiger partial charge in [-0.2, -0.15) is 0 Å². The van der Waals surface area contributed by atoms with Gasteiger partial charge >= 0.3 is 0 Å². The number of benzene rings is 3. The Morgan fingerprint density at radius 2 is 1.40 bits per heavy atom. The predicted molar refractivity (Wildman–Crippen MR) is 163 cm³/mol. The lowest BCUT2D eigenvalue weighted by molar-refractivity contribution is -0.125. The van der Waals surface area contributed by atoms with Crippen LogP contribution in [0.1, 0.15) is 41.6 Å². The average Bonchev–Trinajstić information content (AvgIpc) is 3.42. The lowest BCUT2D eigenvalue weighted by atomic mass is 9.56. The van der Waals surface area contributed by atoms with Crippen LogP contribution >= 0.6 is 23.2 Å². The van der Waals surface area contributed by atoms with E-state index in [0.717, 1.165) is 23.1 Å². The molecule has 0 bridgehead atoms. The summed E-state index contributed by atoms with van der Waals surface area (Å²) in [5.41, 5.74) is -1.98. The Balaban J connectivity index is 1.42. The van der Waals surface area contributed by atoms with E-state index in [4.69, 9.17) is 23.2 Å². The summed E-state index contributed by atoms with van der Waals surface area (Å²) in [5, 5.41) is 10.9. The molecule has 2 saturated heterocycles. The van der Waals surface area contributed by atoms with Gasteiger partial charge in [-0.25, -0.2) is 31.2 Å². The minimum atomic E-state index is -2.92.